The molecule has 0 atom stereocenters. The van der Waals surface area contributed by atoms with Crippen LogP contribution in [0.15, 0.2) is 47.4 Å². The summed E-state index contributed by atoms with van der Waals surface area (Å²) in [5.41, 5.74) is 4.56. The van der Waals surface area contributed by atoms with E-state index >= 15 is 0 Å². The van der Waals surface area contributed by atoms with Crippen molar-refractivity contribution in [3.63, 3.8) is 0 Å². The number of rotatable bonds is 3. The van der Waals surface area contributed by atoms with E-state index in [2.05, 4.69) is 54.6 Å². The average Bonchev–Trinajstić information content (AvgIpc) is 2.65. The summed E-state index contributed by atoms with van der Waals surface area (Å²) in [6.45, 7) is 7.33. The quantitative estimate of drug-likeness (QED) is 0.830. The molecule has 3 rings (SSSR count). The molecule has 0 bridgehead atoms. The van der Waals surface area contributed by atoms with E-state index in [1.54, 1.807) is 11.8 Å². The number of nitrogens with one attached hydrogen (secondary N) is 1. The van der Waals surface area contributed by atoms with Gasteiger partial charge < -0.3 is 15.1 Å². The topological polar surface area (TPSA) is 35.6 Å². The molecule has 0 spiro atoms. The van der Waals surface area contributed by atoms with Gasteiger partial charge in [0.25, 0.3) is 0 Å². The van der Waals surface area contributed by atoms with Crippen LogP contribution in [0.4, 0.5) is 16.2 Å². The number of para-hydroxylation sites is 1. The van der Waals surface area contributed by atoms with Crippen molar-refractivity contribution >= 4 is 29.2 Å². The molecule has 25 heavy (non-hydrogen) atoms. The third-order valence-electron chi connectivity index (χ3n) is 4.75. The number of thioether (sulfide) groups is 1. The molecule has 2 aromatic carbocycles. The first-order chi connectivity index (χ1) is 12.1. The first kappa shape index (κ1) is 17.7. The molecule has 4 nitrogen and oxygen atoms in total. The van der Waals surface area contributed by atoms with Crippen LogP contribution >= 0.6 is 11.8 Å². The van der Waals surface area contributed by atoms with Crippen LogP contribution in [0.1, 0.15) is 11.1 Å². The van der Waals surface area contributed by atoms with Gasteiger partial charge in [0.15, 0.2) is 0 Å². The number of benzene rings is 2. The fourth-order valence-electron chi connectivity index (χ4n) is 3.06. The van der Waals surface area contributed by atoms with Crippen molar-refractivity contribution < 1.29 is 4.79 Å². The number of nitrogens with zero attached hydrogens (tertiary/aromatic N) is 2. The van der Waals surface area contributed by atoms with Crippen LogP contribution in [0.5, 0.6) is 0 Å². The molecule has 1 aliphatic rings. The third-order valence-corrected chi connectivity index (χ3v) is 5.54. The molecule has 0 aliphatic carbocycles. The molecule has 1 fully saturated rings. The monoisotopic (exact) mass is 355 g/mol. The summed E-state index contributed by atoms with van der Waals surface area (Å²) in [6.07, 6.45) is 2.10. The summed E-state index contributed by atoms with van der Waals surface area (Å²) in [5, 5.41) is 3.02. The molecule has 132 valence electrons. The van der Waals surface area contributed by atoms with E-state index in [9.17, 15) is 4.79 Å². The van der Waals surface area contributed by atoms with Crippen molar-refractivity contribution in [1.29, 1.82) is 0 Å². The highest BCUT2D eigenvalue weighted by atomic mass is 32.2. The lowest BCUT2D eigenvalue weighted by Gasteiger charge is -2.36. The van der Waals surface area contributed by atoms with Crippen molar-refractivity contribution in [2.75, 3.05) is 42.7 Å². The fraction of sp³-hybridized carbons (Fsp3) is 0.350. The van der Waals surface area contributed by atoms with E-state index in [1.165, 1.54) is 21.7 Å². The molecule has 1 aliphatic heterocycles. The number of anilines is 2. The Balaban J connectivity index is 1.60. The van der Waals surface area contributed by atoms with Gasteiger partial charge >= 0.3 is 6.03 Å². The van der Waals surface area contributed by atoms with Gasteiger partial charge in [0.1, 0.15) is 0 Å². The maximum Gasteiger partial charge on any atom is 0.321 e. The third kappa shape index (κ3) is 4.10. The molecule has 0 unspecified atom stereocenters. The molecule has 1 N–H and O–H groups in total. The maximum atomic E-state index is 12.5. The Labute approximate surface area is 154 Å². The van der Waals surface area contributed by atoms with Gasteiger partial charge in [-0.15, -0.1) is 11.8 Å². The lowest BCUT2D eigenvalue weighted by Crippen LogP contribution is -2.50. The zero-order valence-corrected chi connectivity index (χ0v) is 15.9. The minimum absolute atomic E-state index is 0.0129. The van der Waals surface area contributed by atoms with Crippen molar-refractivity contribution in [3.05, 3.63) is 53.6 Å². The number of amides is 2. The summed E-state index contributed by atoms with van der Waals surface area (Å²) in [4.78, 5) is 18.1. The van der Waals surface area contributed by atoms with E-state index in [0.717, 1.165) is 31.9 Å². The molecular weight excluding hydrogens is 330 g/mol. The molecule has 5 heteroatoms. The Morgan fingerprint density at radius 2 is 1.72 bits per heavy atom. The van der Waals surface area contributed by atoms with Crippen molar-refractivity contribution in [3.8, 4) is 0 Å². The summed E-state index contributed by atoms with van der Waals surface area (Å²) >= 11 is 1.77. The maximum absolute atomic E-state index is 12.5. The summed E-state index contributed by atoms with van der Waals surface area (Å²) in [6, 6.07) is 14.5. The average molecular weight is 356 g/mol. The molecule has 1 saturated heterocycles. The van der Waals surface area contributed by atoms with Gasteiger partial charge in [0.2, 0.25) is 0 Å². The molecule has 0 aromatic heterocycles. The lowest BCUT2D eigenvalue weighted by molar-refractivity contribution is 0.208. The smallest absolute Gasteiger partial charge is 0.321 e. The number of carbonyl (C=O) groups is 1. The first-order valence-corrected chi connectivity index (χ1v) is 9.82. The van der Waals surface area contributed by atoms with E-state index in [1.807, 2.05) is 23.1 Å². The highest BCUT2D eigenvalue weighted by Gasteiger charge is 2.22. The summed E-state index contributed by atoms with van der Waals surface area (Å²) in [5.74, 6) is 0. The molecule has 2 amide bonds. The zero-order chi connectivity index (χ0) is 17.8. The number of carbonyl (C=O) groups excluding carboxylic acids is 1. The molecular formula is C20H25N3OS. The van der Waals surface area contributed by atoms with Gasteiger partial charge in [-0.25, -0.2) is 4.79 Å². The van der Waals surface area contributed by atoms with E-state index in [0.29, 0.717) is 0 Å². The zero-order valence-electron chi connectivity index (χ0n) is 15.1. The number of urea groups is 1. The number of hydrogen-bond donors (Lipinski definition) is 1. The molecule has 0 radical (unpaired) electrons. The Morgan fingerprint density at radius 1 is 1.00 bits per heavy atom. The van der Waals surface area contributed by atoms with Crippen LogP contribution in [0, 0.1) is 13.8 Å². The molecule has 0 saturated carbocycles. The Kier molecular flexibility index (Phi) is 5.53. The minimum Gasteiger partial charge on any atom is -0.367 e. The second kappa shape index (κ2) is 7.83. The Morgan fingerprint density at radius 3 is 2.40 bits per heavy atom. The Bertz CT molecular complexity index is 754. The Hall–Kier alpha value is -2.14. The van der Waals surface area contributed by atoms with Gasteiger partial charge in [-0.05, 0) is 55.5 Å². The van der Waals surface area contributed by atoms with Crippen LogP contribution in [-0.2, 0) is 0 Å². The highest BCUT2D eigenvalue weighted by molar-refractivity contribution is 7.98. The molecule has 1 heterocycles. The minimum atomic E-state index is -0.0129. The van der Waals surface area contributed by atoms with Crippen molar-refractivity contribution in [2.45, 2.75) is 18.7 Å². The normalized spacial score (nSPS) is 14.5. The van der Waals surface area contributed by atoms with Crippen LogP contribution in [-0.4, -0.2) is 43.4 Å². The second-order valence-corrected chi connectivity index (χ2v) is 7.22. The van der Waals surface area contributed by atoms with E-state index < -0.39 is 0 Å². The van der Waals surface area contributed by atoms with Gasteiger partial charge in [-0.2, -0.15) is 0 Å². The number of piperazine rings is 1. The van der Waals surface area contributed by atoms with Gasteiger partial charge in [-0.3, -0.25) is 0 Å². The lowest BCUT2D eigenvalue weighted by atomic mass is 10.1. The van der Waals surface area contributed by atoms with Crippen molar-refractivity contribution in [1.82, 2.24) is 4.90 Å². The molecule has 2 aromatic rings. The summed E-state index contributed by atoms with van der Waals surface area (Å²) in [7, 11) is 0. The largest absolute Gasteiger partial charge is 0.367 e. The summed E-state index contributed by atoms with van der Waals surface area (Å²) < 4.78 is 0. The van der Waals surface area contributed by atoms with Gasteiger partial charge in [0, 0.05) is 36.8 Å². The van der Waals surface area contributed by atoms with Gasteiger partial charge in [0.05, 0.1) is 5.69 Å². The van der Waals surface area contributed by atoms with Crippen LogP contribution in [0.25, 0.3) is 0 Å². The number of aryl methyl sites for hydroxylation is 2. The second-order valence-electron chi connectivity index (χ2n) is 6.38. The highest BCUT2D eigenvalue weighted by Crippen LogP contribution is 2.29. The fourth-order valence-corrected chi connectivity index (χ4v) is 3.68. The van der Waals surface area contributed by atoms with Crippen LogP contribution < -0.4 is 10.2 Å². The standard InChI is InChI=1S/C20H25N3OS/c1-15-8-9-17(14-16(15)2)21-20(24)23-12-10-22(11-13-23)18-6-4-5-7-19(18)25-3/h4-9,14H,10-13H2,1-3H3,(H,21,24). The first-order valence-electron chi connectivity index (χ1n) is 8.59. The van der Waals surface area contributed by atoms with Crippen LogP contribution in [0.2, 0.25) is 0 Å². The number of hydrogen-bond acceptors (Lipinski definition) is 3. The van der Waals surface area contributed by atoms with E-state index in [4.69, 9.17) is 0 Å². The van der Waals surface area contributed by atoms with Crippen LogP contribution in [0.3, 0.4) is 0 Å². The van der Waals surface area contributed by atoms with E-state index in [-0.39, 0.29) is 6.03 Å². The predicted octanol–water partition coefficient (Wildman–Crippen LogP) is 4.38. The van der Waals surface area contributed by atoms with Crippen molar-refractivity contribution in [2.24, 2.45) is 0 Å². The van der Waals surface area contributed by atoms with Gasteiger partial charge in [-0.1, -0.05) is 18.2 Å². The SMILES string of the molecule is CSc1ccccc1N1CCN(C(=O)Nc2ccc(C)c(C)c2)CC1. The predicted molar refractivity (Wildman–Crippen MR) is 107 cm³/mol.